The second-order valence-electron chi connectivity index (χ2n) is 11.1. The van der Waals surface area contributed by atoms with E-state index in [1.807, 2.05) is 20.8 Å². The standard InChI is InChI=1S/C29H31Cl2F2N3O6/c1-29(2,3)12-22(41-28(34)38)24-23(25(37)35-13-17-6-8-18(30)11-19(17)31)36-26(42-24)16-7-9-20(40-27(32)33)21(10-16)39-14-15-4-5-15/h6-11,15,22,27H,4-5,12-14H2,1-3H3,(H2,34,38)(H,35,37). The number of benzene rings is 2. The smallest absolute Gasteiger partial charge is 0.405 e. The lowest BCUT2D eigenvalue weighted by molar-refractivity contribution is -0.0515. The Morgan fingerprint density at radius 3 is 2.50 bits per heavy atom. The van der Waals surface area contributed by atoms with Gasteiger partial charge in [-0.3, -0.25) is 4.79 Å². The summed E-state index contributed by atoms with van der Waals surface area (Å²) in [7, 11) is 0. The molecule has 1 unspecified atom stereocenters. The second-order valence-corrected chi connectivity index (χ2v) is 12.0. The molecule has 1 aromatic heterocycles. The second kappa shape index (κ2) is 13.2. The van der Waals surface area contributed by atoms with E-state index in [1.165, 1.54) is 18.2 Å². The topological polar surface area (TPSA) is 126 Å². The number of alkyl halides is 2. The maximum atomic E-state index is 13.4. The summed E-state index contributed by atoms with van der Waals surface area (Å²) < 4.78 is 47.9. The molecule has 1 fully saturated rings. The molecule has 0 spiro atoms. The molecule has 2 amide bonds. The van der Waals surface area contributed by atoms with E-state index in [4.69, 9.17) is 42.8 Å². The van der Waals surface area contributed by atoms with Crippen molar-refractivity contribution in [2.45, 2.75) is 59.3 Å². The van der Waals surface area contributed by atoms with Crippen molar-refractivity contribution in [3.63, 3.8) is 0 Å². The van der Waals surface area contributed by atoms with E-state index in [2.05, 4.69) is 15.0 Å². The van der Waals surface area contributed by atoms with E-state index in [9.17, 15) is 18.4 Å². The Labute approximate surface area is 251 Å². The van der Waals surface area contributed by atoms with Gasteiger partial charge in [0.1, 0.15) is 0 Å². The Kier molecular flexibility index (Phi) is 9.83. The Bertz CT molecular complexity index is 1440. The van der Waals surface area contributed by atoms with Crippen molar-refractivity contribution in [1.29, 1.82) is 0 Å². The Balaban J connectivity index is 1.72. The molecular weight excluding hydrogens is 595 g/mol. The number of halogens is 4. The third-order valence-electron chi connectivity index (χ3n) is 6.25. The number of aromatic nitrogens is 1. The molecule has 0 aliphatic heterocycles. The number of hydrogen-bond donors (Lipinski definition) is 2. The summed E-state index contributed by atoms with van der Waals surface area (Å²) >= 11 is 12.2. The van der Waals surface area contributed by atoms with Crippen LogP contribution in [0.1, 0.15) is 67.9 Å². The number of nitrogens with two attached hydrogens (primary N) is 1. The number of amides is 2. The molecule has 3 N–H and O–H groups in total. The van der Waals surface area contributed by atoms with Crippen molar-refractivity contribution in [2.75, 3.05) is 6.61 Å². The minimum Gasteiger partial charge on any atom is -0.489 e. The summed E-state index contributed by atoms with van der Waals surface area (Å²) in [6.07, 6.45) is 0.0945. The fourth-order valence-electron chi connectivity index (χ4n) is 4.08. The molecule has 1 aliphatic carbocycles. The van der Waals surface area contributed by atoms with Crippen LogP contribution in [0.25, 0.3) is 11.5 Å². The molecule has 0 saturated heterocycles. The van der Waals surface area contributed by atoms with Gasteiger partial charge in [0.15, 0.2) is 29.1 Å². The van der Waals surface area contributed by atoms with Crippen LogP contribution in [0.15, 0.2) is 40.8 Å². The summed E-state index contributed by atoms with van der Waals surface area (Å²) in [6.45, 7) is 3.05. The zero-order valence-electron chi connectivity index (χ0n) is 23.2. The van der Waals surface area contributed by atoms with E-state index < -0.39 is 24.7 Å². The first-order valence-corrected chi connectivity index (χ1v) is 14.0. The molecule has 226 valence electrons. The summed E-state index contributed by atoms with van der Waals surface area (Å²) in [4.78, 5) is 29.7. The number of hydrogen-bond acceptors (Lipinski definition) is 7. The fraction of sp³-hybridized carbons (Fsp3) is 0.414. The van der Waals surface area contributed by atoms with Gasteiger partial charge in [-0.1, -0.05) is 50.0 Å². The van der Waals surface area contributed by atoms with Crippen LogP contribution in [0, 0.1) is 11.3 Å². The zero-order chi connectivity index (χ0) is 30.6. The fourth-order valence-corrected chi connectivity index (χ4v) is 4.56. The first kappa shape index (κ1) is 31.4. The summed E-state index contributed by atoms with van der Waals surface area (Å²) in [5, 5.41) is 3.54. The number of ether oxygens (including phenoxy) is 3. The molecule has 13 heteroatoms. The van der Waals surface area contributed by atoms with Gasteiger partial charge in [0, 0.05) is 22.2 Å². The maximum Gasteiger partial charge on any atom is 0.405 e. The molecule has 0 radical (unpaired) electrons. The van der Waals surface area contributed by atoms with Crippen LogP contribution in [0.3, 0.4) is 0 Å². The van der Waals surface area contributed by atoms with Crippen LogP contribution in [0.5, 0.6) is 11.5 Å². The lowest BCUT2D eigenvalue weighted by Gasteiger charge is -2.24. The van der Waals surface area contributed by atoms with E-state index >= 15 is 0 Å². The van der Waals surface area contributed by atoms with Crippen LogP contribution in [-0.4, -0.2) is 30.2 Å². The molecule has 1 heterocycles. The van der Waals surface area contributed by atoms with Crippen molar-refractivity contribution in [1.82, 2.24) is 10.3 Å². The van der Waals surface area contributed by atoms with Crippen molar-refractivity contribution < 1.29 is 37.0 Å². The number of rotatable bonds is 12. The van der Waals surface area contributed by atoms with E-state index in [-0.39, 0.29) is 47.2 Å². The van der Waals surface area contributed by atoms with Crippen LogP contribution in [0.4, 0.5) is 13.6 Å². The molecule has 9 nitrogen and oxygen atoms in total. The number of primary amides is 1. The van der Waals surface area contributed by atoms with Gasteiger partial charge in [-0.25, -0.2) is 9.78 Å². The summed E-state index contributed by atoms with van der Waals surface area (Å²) in [5.41, 5.74) is 5.74. The van der Waals surface area contributed by atoms with Gasteiger partial charge in [0.25, 0.3) is 5.91 Å². The highest BCUT2D eigenvalue weighted by Crippen LogP contribution is 2.39. The highest BCUT2D eigenvalue weighted by molar-refractivity contribution is 6.35. The lowest BCUT2D eigenvalue weighted by atomic mass is 9.88. The van der Waals surface area contributed by atoms with Crippen LogP contribution in [-0.2, 0) is 11.3 Å². The molecule has 1 aliphatic rings. The first-order valence-electron chi connectivity index (χ1n) is 13.2. The Morgan fingerprint density at radius 1 is 1.14 bits per heavy atom. The van der Waals surface area contributed by atoms with Crippen molar-refractivity contribution in [3.8, 4) is 23.0 Å². The van der Waals surface area contributed by atoms with Gasteiger partial charge in [0.05, 0.1) is 6.61 Å². The zero-order valence-corrected chi connectivity index (χ0v) is 24.7. The molecule has 42 heavy (non-hydrogen) atoms. The minimum absolute atomic E-state index is 0.0354. The van der Waals surface area contributed by atoms with Crippen molar-refractivity contribution in [3.05, 3.63) is 63.5 Å². The predicted molar refractivity (Wildman–Crippen MR) is 152 cm³/mol. The molecule has 2 aromatic carbocycles. The molecule has 1 saturated carbocycles. The van der Waals surface area contributed by atoms with Gasteiger partial charge in [-0.15, -0.1) is 0 Å². The molecule has 0 bridgehead atoms. The van der Waals surface area contributed by atoms with Gasteiger partial charge in [-0.2, -0.15) is 8.78 Å². The molecule has 4 rings (SSSR count). The van der Waals surface area contributed by atoms with Crippen LogP contribution >= 0.6 is 23.2 Å². The number of nitrogens with zero attached hydrogens (tertiary/aromatic N) is 1. The maximum absolute atomic E-state index is 13.4. The van der Waals surface area contributed by atoms with Gasteiger partial charge in [0.2, 0.25) is 5.89 Å². The minimum atomic E-state index is -3.05. The van der Waals surface area contributed by atoms with Crippen LogP contribution in [0.2, 0.25) is 10.0 Å². The highest BCUT2D eigenvalue weighted by Gasteiger charge is 2.33. The first-order chi connectivity index (χ1) is 19.8. The molecule has 3 aromatic rings. The van der Waals surface area contributed by atoms with E-state index in [0.717, 1.165) is 12.8 Å². The highest BCUT2D eigenvalue weighted by atomic mass is 35.5. The van der Waals surface area contributed by atoms with Crippen LogP contribution < -0.4 is 20.5 Å². The number of oxazole rings is 1. The molecular formula is C29H31Cl2F2N3O6. The van der Waals surface area contributed by atoms with Gasteiger partial charge in [-0.05, 0) is 66.5 Å². The van der Waals surface area contributed by atoms with E-state index in [0.29, 0.717) is 33.7 Å². The third kappa shape index (κ3) is 8.72. The van der Waals surface area contributed by atoms with Crippen molar-refractivity contribution >= 4 is 35.2 Å². The number of nitrogens with one attached hydrogen (secondary N) is 1. The summed E-state index contributed by atoms with van der Waals surface area (Å²) in [5.74, 6) is -0.446. The SMILES string of the molecule is CC(C)(C)CC(OC(N)=O)c1oc(-c2ccc(OC(F)F)c(OCC3CC3)c2)nc1C(=O)NCc1ccc(Cl)cc1Cl. The quantitative estimate of drug-likeness (QED) is 0.213. The number of carbonyl (C=O) groups excluding carboxylic acids is 2. The largest absolute Gasteiger partial charge is 0.489 e. The average Bonchev–Trinajstić information content (AvgIpc) is 3.61. The Morgan fingerprint density at radius 2 is 1.88 bits per heavy atom. The summed E-state index contributed by atoms with van der Waals surface area (Å²) in [6, 6.07) is 9.06. The monoisotopic (exact) mass is 625 g/mol. The van der Waals surface area contributed by atoms with Gasteiger partial charge >= 0.3 is 12.7 Å². The normalized spacial score (nSPS) is 14.0. The van der Waals surface area contributed by atoms with Crippen molar-refractivity contribution in [2.24, 2.45) is 17.1 Å². The predicted octanol–water partition coefficient (Wildman–Crippen LogP) is 7.54. The third-order valence-corrected chi connectivity index (χ3v) is 6.84. The average molecular weight is 626 g/mol. The molecule has 1 atom stereocenters. The Hall–Kier alpha value is -3.57. The van der Waals surface area contributed by atoms with Gasteiger partial charge < -0.3 is 29.7 Å². The lowest BCUT2D eigenvalue weighted by Crippen LogP contribution is -2.27. The van der Waals surface area contributed by atoms with E-state index in [1.54, 1.807) is 18.2 Å². The number of carbonyl (C=O) groups is 2.